The molecular formula is C32H41N3O7. The van der Waals surface area contributed by atoms with E-state index in [1.165, 1.54) is 23.1 Å². The summed E-state index contributed by atoms with van der Waals surface area (Å²) < 4.78 is 10.4. The number of hydrogen-bond donors (Lipinski definition) is 3. The zero-order valence-electron chi connectivity index (χ0n) is 24.9. The summed E-state index contributed by atoms with van der Waals surface area (Å²) in [5, 5.41) is 15.6. The van der Waals surface area contributed by atoms with Gasteiger partial charge in [-0.1, -0.05) is 70.2 Å². The van der Waals surface area contributed by atoms with Crippen molar-refractivity contribution in [2.24, 2.45) is 11.8 Å². The topological polar surface area (TPSA) is 134 Å². The lowest BCUT2D eigenvalue weighted by Gasteiger charge is -2.31. The Balaban J connectivity index is 1.41. The maximum Gasteiger partial charge on any atom is 0.408 e. The Kier molecular flexibility index (Phi) is 9.88. The van der Waals surface area contributed by atoms with Crippen LogP contribution in [-0.2, 0) is 36.9 Å². The zero-order chi connectivity index (χ0) is 30.6. The SMILES string of the molecule is COC(=O)[C@@H]1CC(O)CN1C(=O)[C@@H](NC(=O)[C@H](CC(C)C)NC(=O)OCc1cccc2c1Cc1ccccc1-2)C(C)C. The predicted octanol–water partition coefficient (Wildman–Crippen LogP) is 3.17. The van der Waals surface area contributed by atoms with Gasteiger partial charge in [0, 0.05) is 13.0 Å². The number of aliphatic hydroxyl groups excluding tert-OH is 1. The maximum absolute atomic E-state index is 13.5. The number of benzene rings is 2. The van der Waals surface area contributed by atoms with Crippen molar-refractivity contribution < 1.29 is 33.8 Å². The number of rotatable bonds is 10. The summed E-state index contributed by atoms with van der Waals surface area (Å²) in [4.78, 5) is 53.3. The van der Waals surface area contributed by atoms with Crippen molar-refractivity contribution in [2.45, 2.75) is 77.8 Å². The van der Waals surface area contributed by atoms with E-state index in [1.807, 2.05) is 38.1 Å². The van der Waals surface area contributed by atoms with Gasteiger partial charge in [-0.3, -0.25) is 9.59 Å². The Labute approximate surface area is 246 Å². The molecule has 10 heteroatoms. The number of amides is 3. The molecule has 0 bridgehead atoms. The van der Waals surface area contributed by atoms with Crippen LogP contribution in [0.2, 0.25) is 0 Å². The van der Waals surface area contributed by atoms with E-state index >= 15 is 0 Å². The van der Waals surface area contributed by atoms with Crippen LogP contribution in [0.3, 0.4) is 0 Å². The van der Waals surface area contributed by atoms with Gasteiger partial charge in [0.05, 0.1) is 13.2 Å². The number of alkyl carbamates (subject to hydrolysis) is 1. The number of hydrogen-bond acceptors (Lipinski definition) is 7. The molecule has 1 aliphatic carbocycles. The van der Waals surface area contributed by atoms with Gasteiger partial charge in [-0.25, -0.2) is 9.59 Å². The molecule has 1 aliphatic heterocycles. The third-order valence-electron chi connectivity index (χ3n) is 7.89. The van der Waals surface area contributed by atoms with Gasteiger partial charge in [0.25, 0.3) is 0 Å². The standard InChI is InChI=1S/C32H41N3O7/c1-18(2)13-26(29(37)34-28(19(3)4)30(38)35-16-22(36)15-27(35)31(39)41-5)33-32(40)42-17-21-10-8-12-24-23-11-7-6-9-20(23)14-25(21)24/h6-12,18-19,22,26-28,36H,13-17H2,1-5H3,(H,33,40)(H,34,37)/t22?,26-,27-,28-/m0/s1. The van der Waals surface area contributed by atoms with Crippen LogP contribution in [-0.4, -0.2) is 71.8 Å². The summed E-state index contributed by atoms with van der Waals surface area (Å²) in [7, 11) is 1.22. The molecular weight excluding hydrogens is 538 g/mol. The summed E-state index contributed by atoms with van der Waals surface area (Å²) in [5.74, 6) is -1.91. The highest BCUT2D eigenvalue weighted by Crippen LogP contribution is 2.38. The Morgan fingerprint density at radius 3 is 2.40 bits per heavy atom. The first kappa shape index (κ1) is 31.0. The Hall–Kier alpha value is -3.92. The minimum absolute atomic E-state index is 0.0358. The smallest absolute Gasteiger partial charge is 0.408 e. The van der Waals surface area contributed by atoms with Gasteiger partial charge >= 0.3 is 12.1 Å². The second-order valence-electron chi connectivity index (χ2n) is 11.8. The predicted molar refractivity (Wildman–Crippen MR) is 156 cm³/mol. The van der Waals surface area contributed by atoms with Gasteiger partial charge in [-0.05, 0) is 52.5 Å². The van der Waals surface area contributed by atoms with Gasteiger partial charge in [0.15, 0.2) is 0 Å². The molecule has 1 fully saturated rings. The number of esters is 1. The molecule has 2 aliphatic rings. The number of nitrogens with zero attached hydrogens (tertiary/aromatic N) is 1. The van der Waals surface area contributed by atoms with Gasteiger partial charge in [0.2, 0.25) is 11.8 Å². The Bertz CT molecular complexity index is 1320. The second kappa shape index (κ2) is 13.4. The Morgan fingerprint density at radius 2 is 1.71 bits per heavy atom. The van der Waals surface area contributed by atoms with Crippen LogP contribution in [0.1, 0.15) is 57.2 Å². The third kappa shape index (κ3) is 6.92. The Morgan fingerprint density at radius 1 is 1.00 bits per heavy atom. The summed E-state index contributed by atoms with van der Waals surface area (Å²) >= 11 is 0. The van der Waals surface area contributed by atoms with E-state index < -0.39 is 48.1 Å². The van der Waals surface area contributed by atoms with Crippen molar-refractivity contribution in [1.82, 2.24) is 15.5 Å². The van der Waals surface area contributed by atoms with E-state index in [1.54, 1.807) is 13.8 Å². The largest absolute Gasteiger partial charge is 0.467 e. The minimum atomic E-state index is -0.976. The molecule has 1 saturated heterocycles. The number of ether oxygens (including phenoxy) is 2. The fourth-order valence-electron chi connectivity index (χ4n) is 5.75. The maximum atomic E-state index is 13.5. The lowest BCUT2D eigenvalue weighted by molar-refractivity contribution is -0.152. The molecule has 1 heterocycles. The van der Waals surface area contributed by atoms with E-state index in [9.17, 15) is 24.3 Å². The van der Waals surface area contributed by atoms with Crippen molar-refractivity contribution in [3.63, 3.8) is 0 Å². The molecule has 4 rings (SSSR count). The summed E-state index contributed by atoms with van der Waals surface area (Å²) in [5.41, 5.74) is 5.57. The van der Waals surface area contributed by atoms with E-state index in [4.69, 9.17) is 9.47 Å². The summed E-state index contributed by atoms with van der Waals surface area (Å²) in [6.45, 7) is 7.42. The third-order valence-corrected chi connectivity index (χ3v) is 7.89. The molecule has 2 aromatic rings. The number of likely N-dealkylation sites (tertiary alicyclic amines) is 1. The normalized spacial score (nSPS) is 18.7. The molecule has 10 nitrogen and oxygen atoms in total. The second-order valence-corrected chi connectivity index (χ2v) is 11.8. The highest BCUT2D eigenvalue weighted by Gasteiger charge is 2.43. The van der Waals surface area contributed by atoms with Crippen molar-refractivity contribution in [1.29, 1.82) is 0 Å². The minimum Gasteiger partial charge on any atom is -0.467 e. The summed E-state index contributed by atoms with van der Waals surface area (Å²) in [6.07, 6.45) is -0.447. The van der Waals surface area contributed by atoms with Crippen LogP contribution < -0.4 is 10.6 Å². The van der Waals surface area contributed by atoms with Crippen LogP contribution in [0.25, 0.3) is 11.1 Å². The van der Waals surface area contributed by atoms with Crippen molar-refractivity contribution in [3.8, 4) is 11.1 Å². The van der Waals surface area contributed by atoms with Crippen molar-refractivity contribution in [2.75, 3.05) is 13.7 Å². The van der Waals surface area contributed by atoms with Gasteiger partial charge in [-0.2, -0.15) is 0 Å². The number of aliphatic hydroxyl groups is 1. The molecule has 4 atom stereocenters. The first-order valence-electron chi connectivity index (χ1n) is 14.5. The van der Waals surface area contributed by atoms with Crippen LogP contribution in [0.5, 0.6) is 0 Å². The van der Waals surface area contributed by atoms with Crippen LogP contribution >= 0.6 is 0 Å². The number of methoxy groups -OCH3 is 1. The van der Waals surface area contributed by atoms with Crippen LogP contribution in [0, 0.1) is 11.8 Å². The average Bonchev–Trinajstić information content (AvgIpc) is 3.54. The molecule has 0 saturated carbocycles. The average molecular weight is 580 g/mol. The molecule has 1 unspecified atom stereocenters. The quantitative estimate of drug-likeness (QED) is 0.314. The van der Waals surface area contributed by atoms with E-state index in [0.717, 1.165) is 23.1 Å². The molecule has 226 valence electrons. The zero-order valence-corrected chi connectivity index (χ0v) is 24.9. The van der Waals surface area contributed by atoms with Crippen molar-refractivity contribution in [3.05, 3.63) is 59.2 Å². The van der Waals surface area contributed by atoms with E-state index in [-0.39, 0.29) is 31.4 Å². The molecule has 3 N–H and O–H groups in total. The number of nitrogens with one attached hydrogen (secondary N) is 2. The molecule has 0 radical (unpaired) electrons. The van der Waals surface area contributed by atoms with E-state index in [2.05, 4.69) is 28.8 Å². The van der Waals surface area contributed by atoms with Gasteiger partial charge < -0.3 is 30.1 Å². The fourth-order valence-corrected chi connectivity index (χ4v) is 5.75. The number of carbonyl (C=O) groups excluding carboxylic acids is 4. The molecule has 42 heavy (non-hydrogen) atoms. The fraction of sp³-hybridized carbons (Fsp3) is 0.500. The van der Waals surface area contributed by atoms with Crippen LogP contribution in [0.15, 0.2) is 42.5 Å². The summed E-state index contributed by atoms with van der Waals surface area (Å²) in [6, 6.07) is 11.3. The molecule has 0 aromatic heterocycles. The lowest BCUT2D eigenvalue weighted by Crippen LogP contribution is -2.57. The van der Waals surface area contributed by atoms with E-state index in [0.29, 0.717) is 6.42 Å². The highest BCUT2D eigenvalue weighted by molar-refractivity contribution is 5.93. The number of β-amino-alcohol motifs (C(OH)–C–C–N with tert-alkyl or cyclic N) is 1. The molecule has 3 amide bonds. The van der Waals surface area contributed by atoms with Gasteiger partial charge in [-0.15, -0.1) is 0 Å². The number of fused-ring (bicyclic) bond motifs is 3. The monoisotopic (exact) mass is 579 g/mol. The first-order chi connectivity index (χ1) is 20.0. The first-order valence-corrected chi connectivity index (χ1v) is 14.5. The molecule has 0 spiro atoms. The van der Waals surface area contributed by atoms with Gasteiger partial charge in [0.1, 0.15) is 24.7 Å². The highest BCUT2D eigenvalue weighted by atomic mass is 16.5. The molecule has 2 aromatic carbocycles. The number of carbonyl (C=O) groups is 4. The van der Waals surface area contributed by atoms with Crippen molar-refractivity contribution >= 4 is 23.9 Å². The van der Waals surface area contributed by atoms with Crippen LogP contribution in [0.4, 0.5) is 4.79 Å². The lowest BCUT2D eigenvalue weighted by atomic mass is 9.99.